The first-order valence-electron chi connectivity index (χ1n) is 12.0. The second-order valence-corrected chi connectivity index (χ2v) is 10.8. The van der Waals surface area contributed by atoms with Crippen molar-refractivity contribution in [2.24, 2.45) is 23.7 Å². The largest absolute Gasteiger partial charge is 0.511 e. The van der Waals surface area contributed by atoms with Gasteiger partial charge in [-0.3, -0.25) is 4.79 Å². The lowest BCUT2D eigenvalue weighted by Crippen LogP contribution is -2.41. The standard InChI is InChI=1S/C27H24F3NO3S/c1-2-13-7-9-17(34-26-31-19-10-8-16(27(28,29)30)11-20(19)35-26)12-18(13)23-24(32)21-14-3-4-15(6-5-14)22(21)25(23)33/h7-12,14-15,21-22,32H,2-6H2,1H3. The number of alkyl halides is 3. The van der Waals surface area contributed by atoms with Gasteiger partial charge in [-0.25, -0.2) is 4.98 Å². The first-order valence-corrected chi connectivity index (χ1v) is 12.8. The number of hydrogen-bond acceptors (Lipinski definition) is 5. The number of aromatic nitrogens is 1. The van der Waals surface area contributed by atoms with Crippen LogP contribution in [0.3, 0.4) is 0 Å². The van der Waals surface area contributed by atoms with E-state index in [9.17, 15) is 23.1 Å². The Labute approximate surface area is 204 Å². The summed E-state index contributed by atoms with van der Waals surface area (Å²) in [5, 5.41) is 11.5. The fourth-order valence-corrected chi connectivity index (χ4v) is 7.21. The van der Waals surface area contributed by atoms with E-state index >= 15 is 0 Å². The molecule has 8 heteroatoms. The molecule has 1 heterocycles. The summed E-state index contributed by atoms with van der Waals surface area (Å²) in [4.78, 5) is 17.9. The van der Waals surface area contributed by atoms with Crippen molar-refractivity contribution in [3.05, 3.63) is 58.8 Å². The quantitative estimate of drug-likeness (QED) is 0.402. The molecular weight excluding hydrogens is 475 g/mol. The van der Waals surface area contributed by atoms with Crippen LogP contribution in [0.5, 0.6) is 10.9 Å². The number of ether oxygens (including phenoxy) is 1. The molecule has 1 aromatic heterocycles. The number of aryl methyl sites for hydroxylation is 1. The average molecular weight is 500 g/mol. The number of carbonyl (C=O) groups is 1. The van der Waals surface area contributed by atoms with Crippen molar-refractivity contribution in [3.63, 3.8) is 0 Å². The van der Waals surface area contributed by atoms with E-state index in [1.165, 1.54) is 6.07 Å². The van der Waals surface area contributed by atoms with Crippen molar-refractivity contribution in [1.29, 1.82) is 0 Å². The first kappa shape index (κ1) is 22.6. The van der Waals surface area contributed by atoms with Gasteiger partial charge in [0.1, 0.15) is 11.5 Å². The molecule has 7 rings (SSSR count). The summed E-state index contributed by atoms with van der Waals surface area (Å²) >= 11 is 1.04. The van der Waals surface area contributed by atoms with Gasteiger partial charge in [-0.15, -0.1) is 0 Å². The molecule has 2 bridgehead atoms. The van der Waals surface area contributed by atoms with E-state index < -0.39 is 11.7 Å². The van der Waals surface area contributed by atoms with Crippen LogP contribution in [0.15, 0.2) is 42.2 Å². The van der Waals surface area contributed by atoms with Crippen molar-refractivity contribution in [2.75, 3.05) is 0 Å². The summed E-state index contributed by atoms with van der Waals surface area (Å²) in [5.41, 5.74) is 1.74. The van der Waals surface area contributed by atoms with Gasteiger partial charge in [0.25, 0.3) is 5.19 Å². The van der Waals surface area contributed by atoms with Crippen LogP contribution in [0.1, 0.15) is 49.3 Å². The molecule has 0 saturated heterocycles. The monoisotopic (exact) mass is 499 g/mol. The Bertz CT molecular complexity index is 1370. The second-order valence-electron chi connectivity index (χ2n) is 9.79. The number of hydrogen-bond donors (Lipinski definition) is 1. The van der Waals surface area contributed by atoms with Crippen molar-refractivity contribution >= 4 is 32.9 Å². The summed E-state index contributed by atoms with van der Waals surface area (Å²) < 4.78 is 45.5. The maximum Gasteiger partial charge on any atom is 0.416 e. The molecule has 0 amide bonds. The van der Waals surface area contributed by atoms with Gasteiger partial charge in [0.15, 0.2) is 5.78 Å². The molecule has 0 aliphatic heterocycles. The topological polar surface area (TPSA) is 59.4 Å². The molecule has 2 atom stereocenters. The molecule has 35 heavy (non-hydrogen) atoms. The average Bonchev–Trinajstić information content (AvgIpc) is 3.37. The molecule has 4 nitrogen and oxygen atoms in total. The van der Waals surface area contributed by atoms with Crippen molar-refractivity contribution in [3.8, 4) is 10.9 Å². The van der Waals surface area contributed by atoms with E-state index in [1.54, 1.807) is 12.1 Å². The third kappa shape index (κ3) is 3.64. The maximum atomic E-state index is 13.5. The molecule has 3 fully saturated rings. The lowest BCUT2D eigenvalue weighted by molar-refractivity contribution is -0.137. The Morgan fingerprint density at radius 1 is 1.06 bits per heavy atom. The lowest BCUT2D eigenvalue weighted by atomic mass is 9.59. The fraction of sp³-hybridized carbons (Fsp3) is 0.407. The number of aliphatic hydroxyl groups is 1. The highest BCUT2D eigenvalue weighted by molar-refractivity contribution is 7.20. The zero-order valence-corrected chi connectivity index (χ0v) is 19.9. The molecule has 3 saturated carbocycles. The molecule has 4 aliphatic carbocycles. The van der Waals surface area contributed by atoms with Crippen LogP contribution in [0.25, 0.3) is 15.8 Å². The minimum absolute atomic E-state index is 0.0356. The molecule has 2 aromatic carbocycles. The first-order chi connectivity index (χ1) is 16.7. The minimum Gasteiger partial charge on any atom is -0.511 e. The van der Waals surface area contributed by atoms with E-state index in [1.807, 2.05) is 13.0 Å². The Morgan fingerprint density at radius 2 is 1.77 bits per heavy atom. The Balaban J connectivity index is 1.35. The lowest BCUT2D eigenvalue weighted by Gasteiger charge is -2.44. The minimum atomic E-state index is -4.43. The van der Waals surface area contributed by atoms with Gasteiger partial charge < -0.3 is 9.84 Å². The van der Waals surface area contributed by atoms with Gasteiger partial charge in [-0.05, 0) is 85.4 Å². The molecule has 4 aliphatic rings. The van der Waals surface area contributed by atoms with Gasteiger partial charge in [-0.1, -0.05) is 24.3 Å². The van der Waals surface area contributed by atoms with Gasteiger partial charge in [0.2, 0.25) is 0 Å². The van der Waals surface area contributed by atoms with Crippen LogP contribution in [0.2, 0.25) is 0 Å². The number of nitrogens with zero attached hydrogens (tertiary/aromatic N) is 1. The smallest absolute Gasteiger partial charge is 0.416 e. The highest BCUT2D eigenvalue weighted by Crippen LogP contribution is 2.57. The summed E-state index contributed by atoms with van der Waals surface area (Å²) in [5.74, 6) is 1.18. The van der Waals surface area contributed by atoms with E-state index in [0.29, 0.717) is 45.4 Å². The predicted molar refractivity (Wildman–Crippen MR) is 127 cm³/mol. The van der Waals surface area contributed by atoms with Crippen LogP contribution >= 0.6 is 11.3 Å². The zero-order chi connectivity index (χ0) is 24.5. The normalized spacial score (nSPS) is 26.0. The summed E-state index contributed by atoms with van der Waals surface area (Å²) in [7, 11) is 0. The molecular formula is C27H24F3NO3S. The van der Waals surface area contributed by atoms with Crippen LogP contribution in [-0.4, -0.2) is 15.9 Å². The van der Waals surface area contributed by atoms with Gasteiger partial charge >= 0.3 is 6.18 Å². The number of aliphatic hydroxyl groups excluding tert-OH is 1. The predicted octanol–water partition coefficient (Wildman–Crippen LogP) is 7.57. The molecule has 2 unspecified atom stereocenters. The van der Waals surface area contributed by atoms with Crippen LogP contribution in [-0.2, 0) is 17.4 Å². The fourth-order valence-electron chi connectivity index (χ4n) is 6.33. The van der Waals surface area contributed by atoms with Gasteiger partial charge in [0.05, 0.1) is 21.4 Å². The number of benzene rings is 2. The Hall–Kier alpha value is -2.87. The van der Waals surface area contributed by atoms with E-state index in [-0.39, 0.29) is 28.6 Å². The molecule has 0 spiro atoms. The molecule has 0 radical (unpaired) electrons. The molecule has 3 aromatic rings. The van der Waals surface area contributed by atoms with Crippen molar-refractivity contribution in [2.45, 2.75) is 45.2 Å². The number of ketones is 1. The SMILES string of the molecule is CCc1ccc(Oc2nc3ccc(C(F)(F)F)cc3s2)cc1C1=C(O)C2C3CCC(CC3)C2C1=O. The third-order valence-corrected chi connectivity index (χ3v) is 8.87. The number of allylic oxidation sites excluding steroid dienone is 2. The molecule has 1 N–H and O–H groups in total. The Morgan fingerprint density at radius 3 is 2.43 bits per heavy atom. The maximum absolute atomic E-state index is 13.5. The van der Waals surface area contributed by atoms with Crippen LogP contribution in [0, 0.1) is 23.7 Å². The summed E-state index contributed by atoms with van der Waals surface area (Å²) in [6.45, 7) is 2.00. The number of rotatable bonds is 4. The van der Waals surface area contributed by atoms with E-state index in [4.69, 9.17) is 4.74 Å². The number of carbonyl (C=O) groups excluding carboxylic acids is 1. The van der Waals surface area contributed by atoms with Crippen molar-refractivity contribution < 1.29 is 27.8 Å². The van der Waals surface area contributed by atoms with E-state index in [2.05, 4.69) is 4.98 Å². The zero-order valence-electron chi connectivity index (χ0n) is 19.1. The number of fused-ring (bicyclic) bond motifs is 3. The number of thiazole rings is 1. The number of Topliss-reactive ketones (excluding diaryl/α,β-unsaturated/α-hetero) is 1. The highest BCUT2D eigenvalue weighted by atomic mass is 32.1. The van der Waals surface area contributed by atoms with Crippen LogP contribution < -0.4 is 4.74 Å². The Kier molecular flexibility index (Phi) is 5.22. The van der Waals surface area contributed by atoms with Crippen LogP contribution in [0.4, 0.5) is 13.2 Å². The second kappa shape index (κ2) is 8.08. The van der Waals surface area contributed by atoms with Crippen molar-refractivity contribution in [1.82, 2.24) is 4.98 Å². The van der Waals surface area contributed by atoms with Gasteiger partial charge in [0, 0.05) is 11.8 Å². The van der Waals surface area contributed by atoms with E-state index in [0.717, 1.165) is 54.7 Å². The summed E-state index contributed by atoms with van der Waals surface area (Å²) in [6.07, 6.45) is 0.487. The third-order valence-electron chi connectivity index (χ3n) is 7.97. The highest BCUT2D eigenvalue weighted by Gasteiger charge is 2.54. The van der Waals surface area contributed by atoms with Gasteiger partial charge in [-0.2, -0.15) is 13.2 Å². The number of halogens is 3. The summed E-state index contributed by atoms with van der Waals surface area (Å²) in [6, 6.07) is 8.82. The molecule has 182 valence electrons.